The second-order valence-electron chi connectivity index (χ2n) is 10.3. The van der Waals surface area contributed by atoms with Crippen LogP contribution in [0.1, 0.15) is 51.1 Å². The molecule has 0 bridgehead atoms. The fourth-order valence-electron chi connectivity index (χ4n) is 5.27. The molecule has 4 heteroatoms. The van der Waals surface area contributed by atoms with E-state index in [1.54, 1.807) is 0 Å². The van der Waals surface area contributed by atoms with E-state index in [1.165, 1.54) is 47.5 Å². The summed E-state index contributed by atoms with van der Waals surface area (Å²) in [4.78, 5) is 3.83. The molecule has 2 nitrogen and oxygen atoms in total. The Morgan fingerprint density at radius 1 is 1.09 bits per heavy atom. The van der Waals surface area contributed by atoms with Gasteiger partial charge in [0.1, 0.15) is 11.2 Å². The van der Waals surface area contributed by atoms with Crippen LogP contribution in [0.15, 0.2) is 87.8 Å². The molecule has 0 spiro atoms. The Labute approximate surface area is 218 Å². The predicted octanol–water partition coefficient (Wildman–Crippen LogP) is 8.68. The lowest BCUT2D eigenvalue weighted by molar-refractivity contribution is -0.665. The first-order valence-electron chi connectivity index (χ1n) is 12.6. The molecular formula is C31H35N2S2+. The fourth-order valence-corrected chi connectivity index (χ4v) is 7.59. The van der Waals surface area contributed by atoms with Crippen molar-refractivity contribution in [2.45, 2.75) is 58.9 Å². The zero-order valence-corrected chi connectivity index (χ0v) is 23.1. The summed E-state index contributed by atoms with van der Waals surface area (Å²) >= 11 is 3.77. The van der Waals surface area contributed by atoms with E-state index in [0.29, 0.717) is 0 Å². The smallest absolute Gasteiger partial charge is 0.262 e. The van der Waals surface area contributed by atoms with Gasteiger partial charge in [0.15, 0.2) is 0 Å². The van der Waals surface area contributed by atoms with Crippen molar-refractivity contribution in [1.29, 1.82) is 0 Å². The molecule has 0 atom stereocenters. The summed E-state index contributed by atoms with van der Waals surface area (Å²) in [6.07, 6.45) is 13.9. The summed E-state index contributed by atoms with van der Waals surface area (Å²) in [6.45, 7) is 13.4. The van der Waals surface area contributed by atoms with Crippen molar-refractivity contribution in [1.82, 2.24) is 0 Å². The molecule has 0 fully saturated rings. The standard InChI is InChI=1S/C31H35N2S2/c1-6-32-25-12-8-9-13-27(25)34-29(32)14-10-11-23-18-24(21-31(4,5)20-23)19-30-33(7-2)26-17-22(3)15-16-28(26)35-30/h8-19H,6-7,20-21H2,1-5H3/q+1. The Balaban J connectivity index is 1.43. The molecular weight excluding hydrogens is 464 g/mol. The first kappa shape index (κ1) is 24.1. The third-order valence-electron chi connectivity index (χ3n) is 6.75. The van der Waals surface area contributed by atoms with Crippen LogP contribution < -0.4 is 9.47 Å². The summed E-state index contributed by atoms with van der Waals surface area (Å²) in [5.41, 5.74) is 7.09. The van der Waals surface area contributed by atoms with Gasteiger partial charge in [-0.25, -0.2) is 0 Å². The molecule has 1 aliphatic carbocycles. The first-order chi connectivity index (χ1) is 16.9. The minimum absolute atomic E-state index is 0.255. The molecule has 3 aromatic rings. The van der Waals surface area contributed by atoms with Crippen LogP contribution in [-0.4, -0.2) is 6.54 Å². The van der Waals surface area contributed by atoms with E-state index in [0.717, 1.165) is 25.9 Å². The van der Waals surface area contributed by atoms with Gasteiger partial charge in [-0.15, -0.1) is 0 Å². The van der Waals surface area contributed by atoms with Crippen LogP contribution in [0.5, 0.6) is 0 Å². The number of benzene rings is 2. The predicted molar refractivity (Wildman–Crippen MR) is 154 cm³/mol. The lowest BCUT2D eigenvalue weighted by Gasteiger charge is -2.31. The Bertz CT molecular complexity index is 1380. The van der Waals surface area contributed by atoms with Crippen molar-refractivity contribution in [2.75, 3.05) is 11.4 Å². The average Bonchev–Trinajstić information content (AvgIpc) is 3.34. The number of hydrogen-bond acceptors (Lipinski definition) is 3. The summed E-state index contributed by atoms with van der Waals surface area (Å²) in [7, 11) is 0. The molecule has 2 aromatic carbocycles. The van der Waals surface area contributed by atoms with Crippen molar-refractivity contribution >= 4 is 45.1 Å². The van der Waals surface area contributed by atoms with E-state index in [-0.39, 0.29) is 5.41 Å². The zero-order valence-electron chi connectivity index (χ0n) is 21.5. The minimum atomic E-state index is 0.255. The van der Waals surface area contributed by atoms with Crippen LogP contribution in [0.3, 0.4) is 0 Å². The molecule has 2 aliphatic rings. The van der Waals surface area contributed by atoms with Crippen LogP contribution in [0, 0.1) is 12.3 Å². The Morgan fingerprint density at radius 2 is 1.91 bits per heavy atom. The average molecular weight is 500 g/mol. The molecule has 180 valence electrons. The summed E-state index contributed by atoms with van der Waals surface area (Å²) < 4.78 is 3.75. The lowest BCUT2D eigenvalue weighted by atomic mass is 9.75. The molecule has 0 unspecified atom stereocenters. The monoisotopic (exact) mass is 499 g/mol. The highest BCUT2D eigenvalue weighted by Crippen LogP contribution is 2.48. The fraction of sp³-hybridized carbons (Fsp3) is 0.323. The highest BCUT2D eigenvalue weighted by molar-refractivity contribution is 8.03. The molecule has 2 heterocycles. The SMILES string of the molecule is CCN1C(=CC2=CC(=CC=Cc3sc4ccccc4[n+]3CC)CC(C)(C)C2)Sc2ccc(C)cc21. The van der Waals surface area contributed by atoms with E-state index < -0.39 is 0 Å². The number of allylic oxidation sites excluding steroid dienone is 6. The van der Waals surface area contributed by atoms with Gasteiger partial charge in [-0.1, -0.05) is 73.4 Å². The number of para-hydroxylation sites is 1. The molecule has 35 heavy (non-hydrogen) atoms. The number of nitrogens with zero attached hydrogens (tertiary/aromatic N) is 2. The van der Waals surface area contributed by atoms with Gasteiger partial charge >= 0.3 is 0 Å². The third kappa shape index (κ3) is 5.05. The second kappa shape index (κ2) is 9.83. The van der Waals surface area contributed by atoms with Gasteiger partial charge in [0.25, 0.3) is 5.01 Å². The lowest BCUT2D eigenvalue weighted by Crippen LogP contribution is -2.33. The number of aromatic nitrogens is 1. The number of rotatable bonds is 5. The van der Waals surface area contributed by atoms with Gasteiger partial charge in [-0.3, -0.25) is 0 Å². The van der Waals surface area contributed by atoms with Gasteiger partial charge in [0, 0.05) is 23.6 Å². The minimum Gasteiger partial charge on any atom is -0.335 e. The van der Waals surface area contributed by atoms with E-state index in [2.05, 4.69) is 117 Å². The number of aryl methyl sites for hydroxylation is 2. The Morgan fingerprint density at radius 3 is 2.71 bits per heavy atom. The second-order valence-corrected chi connectivity index (χ2v) is 12.4. The molecule has 0 radical (unpaired) electrons. The number of thiazole rings is 1. The molecule has 1 aromatic heterocycles. The van der Waals surface area contributed by atoms with Crippen molar-refractivity contribution in [2.24, 2.45) is 5.41 Å². The van der Waals surface area contributed by atoms with Crippen LogP contribution in [0.2, 0.25) is 0 Å². The first-order valence-corrected chi connectivity index (χ1v) is 14.3. The molecule has 0 saturated heterocycles. The Kier molecular flexibility index (Phi) is 6.78. The van der Waals surface area contributed by atoms with Crippen molar-refractivity contribution in [3.05, 3.63) is 93.5 Å². The van der Waals surface area contributed by atoms with E-state index in [1.807, 2.05) is 23.1 Å². The van der Waals surface area contributed by atoms with Gasteiger partial charge in [0.05, 0.1) is 10.7 Å². The summed E-state index contributed by atoms with van der Waals surface area (Å²) in [5.74, 6) is 0. The summed E-state index contributed by atoms with van der Waals surface area (Å²) in [6, 6.07) is 15.5. The Hall–Kier alpha value is -2.56. The topological polar surface area (TPSA) is 7.12 Å². The largest absolute Gasteiger partial charge is 0.335 e. The highest BCUT2D eigenvalue weighted by Gasteiger charge is 2.28. The maximum absolute atomic E-state index is 2.46. The maximum atomic E-state index is 2.46. The van der Waals surface area contributed by atoms with Gasteiger partial charge < -0.3 is 4.90 Å². The number of thioether (sulfide) groups is 1. The van der Waals surface area contributed by atoms with Crippen molar-refractivity contribution in [3.8, 4) is 0 Å². The zero-order chi connectivity index (χ0) is 24.6. The van der Waals surface area contributed by atoms with E-state index >= 15 is 0 Å². The van der Waals surface area contributed by atoms with Crippen LogP contribution in [-0.2, 0) is 6.54 Å². The summed E-state index contributed by atoms with van der Waals surface area (Å²) in [5, 5.41) is 2.65. The maximum Gasteiger partial charge on any atom is 0.262 e. The molecule has 5 rings (SSSR count). The van der Waals surface area contributed by atoms with E-state index in [9.17, 15) is 0 Å². The van der Waals surface area contributed by atoms with Crippen molar-refractivity contribution < 1.29 is 4.57 Å². The van der Waals surface area contributed by atoms with E-state index in [4.69, 9.17) is 0 Å². The molecule has 0 N–H and O–H groups in total. The van der Waals surface area contributed by atoms with Gasteiger partial charge in [-0.05, 0) is 80.0 Å². The van der Waals surface area contributed by atoms with Gasteiger partial charge in [0.2, 0.25) is 5.52 Å². The highest BCUT2D eigenvalue weighted by atomic mass is 32.2. The number of fused-ring (bicyclic) bond motifs is 2. The third-order valence-corrected chi connectivity index (χ3v) is 8.99. The number of hydrogen-bond donors (Lipinski definition) is 0. The van der Waals surface area contributed by atoms with Crippen LogP contribution in [0.4, 0.5) is 5.69 Å². The molecule has 0 saturated carbocycles. The van der Waals surface area contributed by atoms with Crippen LogP contribution in [0.25, 0.3) is 16.3 Å². The molecule has 0 amide bonds. The quantitative estimate of drug-likeness (QED) is 0.324. The molecule has 1 aliphatic heterocycles. The van der Waals surface area contributed by atoms with Gasteiger partial charge in [-0.2, -0.15) is 4.57 Å². The number of anilines is 1. The normalized spacial score (nSPS) is 19.8. The van der Waals surface area contributed by atoms with Crippen LogP contribution >= 0.6 is 23.1 Å². The van der Waals surface area contributed by atoms with Crippen molar-refractivity contribution in [3.63, 3.8) is 0 Å².